The first-order valence-corrected chi connectivity index (χ1v) is 9.36. The molecule has 0 fully saturated rings. The molecule has 1 aliphatic heterocycles. The minimum Gasteiger partial charge on any atom is -0.361 e. The molecule has 1 unspecified atom stereocenters. The fourth-order valence-corrected chi connectivity index (χ4v) is 4.13. The van der Waals surface area contributed by atoms with E-state index in [2.05, 4.69) is 69.6 Å². The molecule has 2 aromatic carbocycles. The lowest BCUT2D eigenvalue weighted by Crippen LogP contribution is -2.31. The van der Waals surface area contributed by atoms with Gasteiger partial charge in [-0.15, -0.1) is 0 Å². The second-order valence-corrected chi connectivity index (χ2v) is 7.55. The number of aromatic amines is 1. The van der Waals surface area contributed by atoms with Crippen molar-refractivity contribution < 1.29 is 0 Å². The number of nitrogens with zero attached hydrogens (tertiary/aromatic N) is 3. The van der Waals surface area contributed by atoms with E-state index in [1.165, 1.54) is 27.6 Å². The van der Waals surface area contributed by atoms with Gasteiger partial charge in [-0.05, 0) is 66.4 Å². The van der Waals surface area contributed by atoms with Crippen molar-refractivity contribution in [3.05, 3.63) is 83.2 Å². The van der Waals surface area contributed by atoms with Gasteiger partial charge in [0, 0.05) is 36.3 Å². The number of H-pyrrole nitrogens is 1. The number of benzene rings is 2. The van der Waals surface area contributed by atoms with Gasteiger partial charge in [0.25, 0.3) is 0 Å². The van der Waals surface area contributed by atoms with Gasteiger partial charge in [-0.3, -0.25) is 0 Å². The van der Waals surface area contributed by atoms with E-state index in [1.807, 2.05) is 25.3 Å². The van der Waals surface area contributed by atoms with Gasteiger partial charge in [0.05, 0.1) is 11.4 Å². The SMILES string of the molecule is Cc1ccc(-c2ccc3c(c2)CN(C)CC3c2ccc3cc[nH]c3c2)nn1. The number of rotatable bonds is 2. The highest BCUT2D eigenvalue weighted by Gasteiger charge is 2.25. The monoisotopic (exact) mass is 354 g/mol. The second kappa shape index (κ2) is 6.32. The first-order chi connectivity index (χ1) is 13.2. The maximum absolute atomic E-state index is 4.35. The van der Waals surface area contributed by atoms with E-state index < -0.39 is 0 Å². The molecule has 134 valence electrons. The number of likely N-dealkylation sites (N-methyl/N-ethyl adjacent to an activating group) is 1. The first-order valence-electron chi connectivity index (χ1n) is 9.36. The zero-order valence-corrected chi connectivity index (χ0v) is 15.6. The highest BCUT2D eigenvalue weighted by molar-refractivity contribution is 5.80. The van der Waals surface area contributed by atoms with E-state index in [-0.39, 0.29) is 0 Å². The Morgan fingerprint density at radius 1 is 1.00 bits per heavy atom. The summed E-state index contributed by atoms with van der Waals surface area (Å²) in [6, 6.07) is 19.7. The quantitative estimate of drug-likeness (QED) is 0.576. The number of hydrogen-bond acceptors (Lipinski definition) is 3. The summed E-state index contributed by atoms with van der Waals surface area (Å²) in [6.07, 6.45) is 2.00. The normalized spacial score (nSPS) is 17.2. The Labute approximate surface area is 158 Å². The van der Waals surface area contributed by atoms with Gasteiger partial charge in [0.15, 0.2) is 0 Å². The predicted molar refractivity (Wildman–Crippen MR) is 109 cm³/mol. The summed E-state index contributed by atoms with van der Waals surface area (Å²) in [6.45, 7) is 3.96. The van der Waals surface area contributed by atoms with Gasteiger partial charge in [-0.1, -0.05) is 24.3 Å². The van der Waals surface area contributed by atoms with Crippen LogP contribution in [0, 0.1) is 6.92 Å². The molecule has 1 N–H and O–H groups in total. The van der Waals surface area contributed by atoms with Crippen LogP contribution in [0.1, 0.15) is 28.3 Å². The van der Waals surface area contributed by atoms with Crippen LogP contribution in [0.5, 0.6) is 0 Å². The van der Waals surface area contributed by atoms with E-state index >= 15 is 0 Å². The van der Waals surface area contributed by atoms with E-state index in [4.69, 9.17) is 0 Å². The third-order valence-corrected chi connectivity index (χ3v) is 5.53. The van der Waals surface area contributed by atoms with E-state index in [0.29, 0.717) is 5.92 Å². The average Bonchev–Trinajstić information content (AvgIpc) is 3.15. The zero-order valence-electron chi connectivity index (χ0n) is 15.6. The van der Waals surface area contributed by atoms with Crippen molar-refractivity contribution in [2.75, 3.05) is 13.6 Å². The Hall–Kier alpha value is -2.98. The van der Waals surface area contributed by atoms with Crippen molar-refractivity contribution in [2.24, 2.45) is 0 Å². The third-order valence-electron chi connectivity index (χ3n) is 5.53. The molecule has 3 heterocycles. The Morgan fingerprint density at radius 2 is 1.93 bits per heavy atom. The molecule has 0 spiro atoms. The van der Waals surface area contributed by atoms with Crippen LogP contribution < -0.4 is 0 Å². The highest BCUT2D eigenvalue weighted by Crippen LogP contribution is 2.36. The molecule has 2 aromatic heterocycles. The molecule has 27 heavy (non-hydrogen) atoms. The van der Waals surface area contributed by atoms with Crippen molar-refractivity contribution in [2.45, 2.75) is 19.4 Å². The fourth-order valence-electron chi connectivity index (χ4n) is 4.13. The molecule has 0 saturated heterocycles. The summed E-state index contributed by atoms with van der Waals surface area (Å²) in [5.41, 5.74) is 8.37. The number of nitrogens with one attached hydrogen (secondary N) is 1. The number of aromatic nitrogens is 3. The molecule has 0 saturated carbocycles. The maximum atomic E-state index is 4.35. The second-order valence-electron chi connectivity index (χ2n) is 7.55. The molecule has 0 bridgehead atoms. The van der Waals surface area contributed by atoms with Crippen molar-refractivity contribution in [3.63, 3.8) is 0 Å². The van der Waals surface area contributed by atoms with Crippen LogP contribution in [-0.2, 0) is 6.54 Å². The molecule has 0 amide bonds. The number of aryl methyl sites for hydroxylation is 1. The lowest BCUT2D eigenvalue weighted by Gasteiger charge is -2.33. The Balaban J connectivity index is 1.57. The lowest BCUT2D eigenvalue weighted by molar-refractivity contribution is 0.295. The predicted octanol–water partition coefficient (Wildman–Crippen LogP) is 4.51. The van der Waals surface area contributed by atoms with Gasteiger partial charge in [0.1, 0.15) is 0 Å². The van der Waals surface area contributed by atoms with Crippen LogP contribution >= 0.6 is 0 Å². The summed E-state index contributed by atoms with van der Waals surface area (Å²) >= 11 is 0. The molecule has 4 heteroatoms. The Bertz CT molecular complexity index is 1110. The van der Waals surface area contributed by atoms with Crippen molar-refractivity contribution in [1.29, 1.82) is 0 Å². The first kappa shape index (κ1) is 16.2. The van der Waals surface area contributed by atoms with Crippen LogP contribution in [-0.4, -0.2) is 33.7 Å². The zero-order chi connectivity index (χ0) is 18.4. The summed E-state index contributed by atoms with van der Waals surface area (Å²) in [4.78, 5) is 5.74. The standard InChI is InChI=1S/C23H22N4/c1-15-3-8-22(26-25-15)18-6-7-20-19(11-18)13-27(2)14-21(20)17-5-4-16-9-10-24-23(16)12-17/h3-12,21,24H,13-14H2,1-2H3. The minimum absolute atomic E-state index is 0.379. The van der Waals surface area contributed by atoms with Gasteiger partial charge in [-0.2, -0.15) is 10.2 Å². The molecule has 4 aromatic rings. The van der Waals surface area contributed by atoms with Crippen LogP contribution in [0.3, 0.4) is 0 Å². The molecule has 4 nitrogen and oxygen atoms in total. The van der Waals surface area contributed by atoms with Crippen LogP contribution in [0.2, 0.25) is 0 Å². The van der Waals surface area contributed by atoms with Gasteiger partial charge >= 0.3 is 0 Å². The van der Waals surface area contributed by atoms with Gasteiger partial charge in [0.2, 0.25) is 0 Å². The smallest absolute Gasteiger partial charge is 0.0929 e. The Morgan fingerprint density at radius 3 is 2.78 bits per heavy atom. The van der Waals surface area contributed by atoms with Gasteiger partial charge < -0.3 is 9.88 Å². The summed E-state index contributed by atoms with van der Waals surface area (Å²) < 4.78 is 0. The van der Waals surface area contributed by atoms with E-state index in [0.717, 1.165) is 30.0 Å². The van der Waals surface area contributed by atoms with Gasteiger partial charge in [-0.25, -0.2) is 0 Å². The largest absolute Gasteiger partial charge is 0.361 e. The van der Waals surface area contributed by atoms with Crippen LogP contribution in [0.25, 0.3) is 22.2 Å². The molecule has 5 rings (SSSR count). The van der Waals surface area contributed by atoms with Crippen LogP contribution in [0.4, 0.5) is 0 Å². The summed E-state index contributed by atoms with van der Waals surface area (Å²) in [5, 5.41) is 9.82. The van der Waals surface area contributed by atoms with Crippen molar-refractivity contribution >= 4 is 10.9 Å². The molecule has 0 aliphatic carbocycles. The minimum atomic E-state index is 0.379. The fraction of sp³-hybridized carbons (Fsp3) is 0.217. The topological polar surface area (TPSA) is 44.8 Å². The molecule has 1 aliphatic rings. The summed E-state index contributed by atoms with van der Waals surface area (Å²) in [7, 11) is 2.20. The molecular weight excluding hydrogens is 332 g/mol. The lowest BCUT2D eigenvalue weighted by atomic mass is 9.83. The van der Waals surface area contributed by atoms with Crippen LogP contribution in [0.15, 0.2) is 60.8 Å². The Kier molecular flexibility index (Phi) is 3.80. The van der Waals surface area contributed by atoms with E-state index in [9.17, 15) is 0 Å². The van der Waals surface area contributed by atoms with Crippen molar-refractivity contribution in [3.8, 4) is 11.3 Å². The molecule has 1 atom stereocenters. The highest BCUT2D eigenvalue weighted by atomic mass is 15.1. The number of hydrogen-bond donors (Lipinski definition) is 1. The maximum Gasteiger partial charge on any atom is 0.0929 e. The molecular formula is C23H22N4. The third kappa shape index (κ3) is 2.92. The molecule has 0 radical (unpaired) electrons. The average molecular weight is 354 g/mol. The van der Waals surface area contributed by atoms with E-state index in [1.54, 1.807) is 0 Å². The number of fused-ring (bicyclic) bond motifs is 2. The van der Waals surface area contributed by atoms with Crippen molar-refractivity contribution in [1.82, 2.24) is 20.1 Å². The summed E-state index contributed by atoms with van der Waals surface area (Å²) in [5.74, 6) is 0.379.